The highest BCUT2D eigenvalue weighted by atomic mass is 35.5. The minimum Gasteiger partial charge on any atom is -0.267 e. The molecule has 3 rings (SSSR count). The van der Waals surface area contributed by atoms with Gasteiger partial charge < -0.3 is 0 Å². The summed E-state index contributed by atoms with van der Waals surface area (Å²) in [5.41, 5.74) is 9.51. The Morgan fingerprint density at radius 2 is 1.28 bits per heavy atom. The molecular weight excluding hydrogens is 445 g/mol. The van der Waals surface area contributed by atoms with Crippen molar-refractivity contribution >= 4 is 47.5 Å². The van der Waals surface area contributed by atoms with Crippen LogP contribution in [-0.4, -0.2) is 24.3 Å². The molecule has 0 heterocycles. The number of halogens is 2. The molecule has 8 heteroatoms. The number of aliphatic imine (C=N–C) groups is 1. The fraction of sp³-hybridized carbons (Fsp3) is 0.0833. The van der Waals surface area contributed by atoms with Gasteiger partial charge in [0.2, 0.25) is 5.96 Å². The first-order valence-electron chi connectivity index (χ1n) is 9.71. The third-order valence-corrected chi connectivity index (χ3v) is 5.06. The first-order chi connectivity index (χ1) is 15.4. The maximum atomic E-state index is 12.8. The zero-order valence-electron chi connectivity index (χ0n) is 17.5. The average molecular weight is 466 g/mol. The first kappa shape index (κ1) is 23.2. The molecule has 0 aliphatic heterocycles. The molecule has 1 amide bonds. The van der Waals surface area contributed by atoms with Gasteiger partial charge in [-0.05, 0) is 66.4 Å². The van der Waals surface area contributed by atoms with Crippen LogP contribution in [0.3, 0.4) is 0 Å². The summed E-state index contributed by atoms with van der Waals surface area (Å²) in [6.45, 7) is 3.83. The highest BCUT2D eigenvalue weighted by Gasteiger charge is 2.10. The Hall–Kier alpha value is -3.48. The molecule has 0 atom stereocenters. The number of rotatable bonds is 5. The van der Waals surface area contributed by atoms with Gasteiger partial charge in [0.05, 0.1) is 12.4 Å². The van der Waals surface area contributed by atoms with E-state index in [-0.39, 0.29) is 5.96 Å². The number of carbonyl (C=O) groups is 1. The van der Waals surface area contributed by atoms with Gasteiger partial charge in [-0.1, -0.05) is 59.6 Å². The van der Waals surface area contributed by atoms with Gasteiger partial charge in [-0.15, -0.1) is 0 Å². The van der Waals surface area contributed by atoms with E-state index in [9.17, 15) is 4.79 Å². The summed E-state index contributed by atoms with van der Waals surface area (Å²) >= 11 is 11.8. The molecule has 0 aromatic heterocycles. The van der Waals surface area contributed by atoms with E-state index in [0.717, 1.165) is 22.3 Å². The SMILES string of the molecule is Cc1cccc(C(=O)N=C(NN=Cc2ccc(Cl)cc2)NN=Cc2ccc(Cl)cc2)c1C. The van der Waals surface area contributed by atoms with Crippen LogP contribution in [0.15, 0.2) is 81.9 Å². The number of hydrazone groups is 2. The second-order valence-electron chi connectivity index (χ2n) is 6.86. The van der Waals surface area contributed by atoms with Crippen molar-refractivity contribution in [3.63, 3.8) is 0 Å². The lowest BCUT2D eigenvalue weighted by atomic mass is 10.0. The summed E-state index contributed by atoms with van der Waals surface area (Å²) < 4.78 is 0. The Balaban J connectivity index is 1.79. The minimum atomic E-state index is -0.412. The van der Waals surface area contributed by atoms with E-state index in [2.05, 4.69) is 26.0 Å². The molecule has 3 aromatic carbocycles. The van der Waals surface area contributed by atoms with Crippen molar-refractivity contribution in [2.45, 2.75) is 13.8 Å². The molecule has 32 heavy (non-hydrogen) atoms. The molecule has 2 N–H and O–H groups in total. The topological polar surface area (TPSA) is 78.2 Å². The summed E-state index contributed by atoms with van der Waals surface area (Å²) in [4.78, 5) is 16.9. The number of carbonyl (C=O) groups excluding carboxylic acids is 1. The fourth-order valence-corrected chi connectivity index (χ4v) is 2.91. The zero-order valence-corrected chi connectivity index (χ0v) is 19.0. The quantitative estimate of drug-likeness (QED) is 0.302. The minimum absolute atomic E-state index is 0.0753. The number of nitrogens with one attached hydrogen (secondary N) is 2. The molecule has 0 fully saturated rings. The molecule has 0 saturated carbocycles. The summed E-state index contributed by atoms with van der Waals surface area (Å²) in [5, 5.41) is 9.55. The van der Waals surface area contributed by atoms with Crippen molar-refractivity contribution in [3.8, 4) is 0 Å². The van der Waals surface area contributed by atoms with Crippen molar-refractivity contribution in [1.82, 2.24) is 10.9 Å². The lowest BCUT2D eigenvalue weighted by Gasteiger charge is -2.07. The van der Waals surface area contributed by atoms with Gasteiger partial charge >= 0.3 is 0 Å². The van der Waals surface area contributed by atoms with Gasteiger partial charge in [0.25, 0.3) is 5.91 Å². The number of amides is 1. The van der Waals surface area contributed by atoms with Crippen LogP contribution in [0, 0.1) is 13.8 Å². The molecule has 0 unspecified atom stereocenters. The Morgan fingerprint density at radius 3 is 1.78 bits per heavy atom. The maximum Gasteiger partial charge on any atom is 0.280 e. The molecule has 162 valence electrons. The summed E-state index contributed by atoms with van der Waals surface area (Å²) in [5.74, 6) is -0.337. The number of aryl methyl sites for hydroxylation is 1. The monoisotopic (exact) mass is 465 g/mol. The molecular formula is C24H21Cl2N5O. The van der Waals surface area contributed by atoms with E-state index in [4.69, 9.17) is 23.2 Å². The number of nitrogens with zero attached hydrogens (tertiary/aromatic N) is 3. The smallest absolute Gasteiger partial charge is 0.267 e. The second-order valence-corrected chi connectivity index (χ2v) is 7.73. The third-order valence-electron chi connectivity index (χ3n) is 4.56. The van der Waals surface area contributed by atoms with Crippen LogP contribution in [0.5, 0.6) is 0 Å². The van der Waals surface area contributed by atoms with E-state index < -0.39 is 5.91 Å². The van der Waals surface area contributed by atoms with Crippen molar-refractivity contribution in [2.24, 2.45) is 15.2 Å². The third kappa shape index (κ3) is 6.77. The van der Waals surface area contributed by atoms with Crippen molar-refractivity contribution in [2.75, 3.05) is 0 Å². The molecule has 0 spiro atoms. The number of hydrogen-bond donors (Lipinski definition) is 2. The normalized spacial score (nSPS) is 11.0. The highest BCUT2D eigenvalue weighted by Crippen LogP contribution is 2.14. The fourth-order valence-electron chi connectivity index (χ4n) is 2.65. The van der Waals surface area contributed by atoms with Crippen LogP contribution in [-0.2, 0) is 0 Å². The van der Waals surface area contributed by atoms with Crippen LogP contribution < -0.4 is 10.9 Å². The number of benzene rings is 3. The van der Waals surface area contributed by atoms with Gasteiger partial charge in [0.1, 0.15) is 0 Å². The Morgan fingerprint density at radius 1 is 0.781 bits per heavy atom. The summed E-state index contributed by atoms with van der Waals surface area (Å²) in [6.07, 6.45) is 3.16. The van der Waals surface area contributed by atoms with E-state index >= 15 is 0 Å². The Kier molecular flexibility index (Phi) is 8.14. The molecule has 6 nitrogen and oxygen atoms in total. The van der Waals surface area contributed by atoms with Gasteiger partial charge in [0, 0.05) is 15.6 Å². The molecule has 0 aliphatic carbocycles. The van der Waals surface area contributed by atoms with Crippen molar-refractivity contribution < 1.29 is 4.79 Å². The van der Waals surface area contributed by atoms with Gasteiger partial charge in [-0.3, -0.25) is 4.79 Å². The number of guanidine groups is 1. The number of hydrogen-bond acceptors (Lipinski definition) is 3. The first-order valence-corrected chi connectivity index (χ1v) is 10.5. The molecule has 3 aromatic rings. The average Bonchev–Trinajstić information content (AvgIpc) is 2.78. The highest BCUT2D eigenvalue weighted by molar-refractivity contribution is 6.30. The van der Waals surface area contributed by atoms with Crippen LogP contribution >= 0.6 is 23.2 Å². The summed E-state index contributed by atoms with van der Waals surface area (Å²) in [7, 11) is 0. The maximum absolute atomic E-state index is 12.8. The van der Waals surface area contributed by atoms with Crippen LogP contribution in [0.2, 0.25) is 10.0 Å². The predicted molar refractivity (Wildman–Crippen MR) is 132 cm³/mol. The summed E-state index contributed by atoms with van der Waals surface area (Å²) in [6, 6.07) is 19.8. The lowest BCUT2D eigenvalue weighted by Crippen LogP contribution is -2.32. The molecule has 0 saturated heterocycles. The van der Waals surface area contributed by atoms with Crippen LogP contribution in [0.4, 0.5) is 0 Å². The second kappa shape index (κ2) is 11.2. The largest absolute Gasteiger partial charge is 0.280 e. The lowest BCUT2D eigenvalue weighted by molar-refractivity contribution is 0.100. The zero-order chi connectivity index (χ0) is 22.9. The molecule has 0 aliphatic rings. The van der Waals surface area contributed by atoms with Gasteiger partial charge in [0.15, 0.2) is 0 Å². The van der Waals surface area contributed by atoms with Gasteiger partial charge in [-0.25, -0.2) is 10.9 Å². The molecule has 0 radical (unpaired) electrons. The van der Waals surface area contributed by atoms with Crippen LogP contribution in [0.25, 0.3) is 0 Å². The van der Waals surface area contributed by atoms with E-state index in [0.29, 0.717) is 15.6 Å². The van der Waals surface area contributed by atoms with Crippen molar-refractivity contribution in [1.29, 1.82) is 0 Å². The predicted octanol–water partition coefficient (Wildman–Crippen LogP) is 5.35. The van der Waals surface area contributed by atoms with E-state index in [1.807, 2.05) is 50.2 Å². The van der Waals surface area contributed by atoms with E-state index in [1.54, 1.807) is 42.8 Å². The van der Waals surface area contributed by atoms with E-state index in [1.165, 1.54) is 0 Å². The standard InChI is InChI=1S/C24H21Cl2N5O/c1-16-4-3-5-22(17(16)2)23(32)29-24(30-27-14-18-6-10-20(25)11-7-18)31-28-15-19-8-12-21(26)13-9-19/h3-15H,1-2H3,(H2,29,30,31,32). The van der Waals surface area contributed by atoms with Gasteiger partial charge in [-0.2, -0.15) is 15.2 Å². The van der Waals surface area contributed by atoms with Crippen molar-refractivity contribution in [3.05, 3.63) is 105 Å². The molecule has 0 bridgehead atoms. The van der Waals surface area contributed by atoms with Crippen LogP contribution in [0.1, 0.15) is 32.6 Å². The Bertz CT molecular complexity index is 1110. The Labute approximate surface area is 196 Å².